The van der Waals surface area contributed by atoms with E-state index in [1.807, 2.05) is 65.2 Å². The van der Waals surface area contributed by atoms with Gasteiger partial charge in [0.25, 0.3) is 0 Å². The Balaban J connectivity index is 1.50. The van der Waals surface area contributed by atoms with Crippen molar-refractivity contribution < 1.29 is 9.53 Å². The van der Waals surface area contributed by atoms with Crippen molar-refractivity contribution in [3.05, 3.63) is 60.7 Å². The lowest BCUT2D eigenvalue weighted by Gasteiger charge is -2.12. The number of carbonyl (C=O) groups is 1. The zero-order valence-corrected chi connectivity index (χ0v) is 16.3. The Morgan fingerprint density at radius 3 is 2.57 bits per heavy atom. The van der Waals surface area contributed by atoms with Crippen LogP contribution in [0.5, 0.6) is 0 Å². The topological polar surface area (TPSA) is 69.0 Å². The van der Waals surface area contributed by atoms with Crippen molar-refractivity contribution in [2.75, 3.05) is 18.9 Å². The van der Waals surface area contributed by atoms with Crippen molar-refractivity contribution in [3.8, 4) is 17.1 Å². The smallest absolute Gasteiger partial charge is 0.230 e. The van der Waals surface area contributed by atoms with Gasteiger partial charge in [-0.25, -0.2) is 0 Å². The second kappa shape index (κ2) is 9.03. The quantitative estimate of drug-likeness (QED) is 0.623. The van der Waals surface area contributed by atoms with Gasteiger partial charge >= 0.3 is 0 Å². The summed E-state index contributed by atoms with van der Waals surface area (Å²) in [6.07, 6.45) is 2.22. The molecular formula is C21H22N4O2S. The lowest BCUT2D eigenvalue weighted by molar-refractivity contribution is -0.119. The summed E-state index contributed by atoms with van der Waals surface area (Å²) >= 11 is 1.38. The van der Waals surface area contributed by atoms with Gasteiger partial charge in [0.05, 0.1) is 11.9 Å². The molecule has 0 spiro atoms. The number of thioether (sulfide) groups is 1. The monoisotopic (exact) mass is 394 g/mol. The second-order valence-corrected chi connectivity index (χ2v) is 7.51. The molecule has 1 N–H and O–H groups in total. The van der Waals surface area contributed by atoms with Crippen LogP contribution in [0, 0.1) is 0 Å². The van der Waals surface area contributed by atoms with Crippen molar-refractivity contribution in [2.45, 2.75) is 24.1 Å². The summed E-state index contributed by atoms with van der Waals surface area (Å²) in [6.45, 7) is 1.36. The van der Waals surface area contributed by atoms with Gasteiger partial charge in [-0.2, -0.15) is 0 Å². The van der Waals surface area contributed by atoms with Crippen LogP contribution in [0.15, 0.2) is 65.8 Å². The average Bonchev–Trinajstić information content (AvgIpc) is 3.42. The SMILES string of the molecule is O=C(CSc1nnc(-c2ccccc2)n1-c1ccccc1)NC[C@@H]1CCCO1. The lowest BCUT2D eigenvalue weighted by atomic mass is 10.2. The summed E-state index contributed by atoms with van der Waals surface area (Å²) < 4.78 is 7.54. The Kier molecular flexibility index (Phi) is 6.04. The van der Waals surface area contributed by atoms with Crippen LogP contribution in [-0.2, 0) is 9.53 Å². The minimum absolute atomic E-state index is 0.0237. The minimum Gasteiger partial charge on any atom is -0.376 e. The summed E-state index contributed by atoms with van der Waals surface area (Å²) in [4.78, 5) is 12.3. The molecule has 2 heterocycles. The van der Waals surface area contributed by atoms with E-state index in [0.29, 0.717) is 11.7 Å². The number of hydrogen-bond donors (Lipinski definition) is 1. The number of nitrogens with one attached hydrogen (secondary N) is 1. The van der Waals surface area contributed by atoms with E-state index in [4.69, 9.17) is 4.74 Å². The third kappa shape index (κ3) is 4.43. The van der Waals surface area contributed by atoms with Gasteiger partial charge in [0.1, 0.15) is 0 Å². The molecule has 28 heavy (non-hydrogen) atoms. The lowest BCUT2D eigenvalue weighted by Crippen LogP contribution is -2.32. The molecule has 3 aromatic rings. The number of carbonyl (C=O) groups excluding carboxylic acids is 1. The predicted molar refractivity (Wildman–Crippen MR) is 110 cm³/mol. The minimum atomic E-state index is -0.0237. The largest absolute Gasteiger partial charge is 0.376 e. The number of hydrogen-bond acceptors (Lipinski definition) is 5. The van der Waals surface area contributed by atoms with E-state index >= 15 is 0 Å². The van der Waals surface area contributed by atoms with E-state index in [0.717, 1.165) is 36.5 Å². The van der Waals surface area contributed by atoms with Crippen molar-refractivity contribution >= 4 is 17.7 Å². The molecule has 1 saturated heterocycles. The van der Waals surface area contributed by atoms with Crippen LogP contribution in [0.25, 0.3) is 17.1 Å². The molecule has 0 unspecified atom stereocenters. The zero-order valence-electron chi connectivity index (χ0n) is 15.5. The van der Waals surface area contributed by atoms with Crippen molar-refractivity contribution in [1.82, 2.24) is 20.1 Å². The van der Waals surface area contributed by atoms with E-state index in [-0.39, 0.29) is 17.8 Å². The Morgan fingerprint density at radius 1 is 1.11 bits per heavy atom. The highest BCUT2D eigenvalue weighted by atomic mass is 32.2. The van der Waals surface area contributed by atoms with Crippen molar-refractivity contribution in [2.24, 2.45) is 0 Å². The first-order valence-electron chi connectivity index (χ1n) is 9.38. The van der Waals surface area contributed by atoms with Crippen LogP contribution in [0.4, 0.5) is 0 Å². The first-order valence-corrected chi connectivity index (χ1v) is 10.4. The number of amides is 1. The summed E-state index contributed by atoms with van der Waals surface area (Å²) in [7, 11) is 0. The maximum absolute atomic E-state index is 12.3. The van der Waals surface area contributed by atoms with Crippen LogP contribution >= 0.6 is 11.8 Å². The molecule has 144 valence electrons. The molecular weight excluding hydrogens is 372 g/mol. The first-order chi connectivity index (χ1) is 13.8. The maximum Gasteiger partial charge on any atom is 0.230 e. The van der Waals surface area contributed by atoms with Crippen molar-refractivity contribution in [3.63, 3.8) is 0 Å². The van der Waals surface area contributed by atoms with Crippen LogP contribution in [0.2, 0.25) is 0 Å². The summed E-state index contributed by atoms with van der Waals surface area (Å²) in [6, 6.07) is 19.9. The van der Waals surface area contributed by atoms with Gasteiger partial charge in [-0.3, -0.25) is 9.36 Å². The average molecular weight is 395 g/mol. The molecule has 1 aromatic heterocycles. The Morgan fingerprint density at radius 2 is 1.86 bits per heavy atom. The Bertz CT molecular complexity index is 909. The molecule has 0 radical (unpaired) electrons. The highest BCUT2D eigenvalue weighted by Gasteiger charge is 2.19. The molecule has 0 saturated carbocycles. The van der Waals surface area contributed by atoms with Gasteiger partial charge in [0, 0.05) is 24.4 Å². The fourth-order valence-corrected chi connectivity index (χ4v) is 3.94. The van der Waals surface area contributed by atoms with Gasteiger partial charge in [-0.05, 0) is 25.0 Å². The standard InChI is InChI=1S/C21H22N4O2S/c26-19(22-14-18-12-7-13-27-18)15-28-21-24-23-20(16-8-3-1-4-9-16)25(21)17-10-5-2-6-11-17/h1-6,8-11,18H,7,12-15H2,(H,22,26)/t18-/m0/s1. The van der Waals surface area contributed by atoms with Crippen LogP contribution in [0.1, 0.15) is 12.8 Å². The Labute approximate surface area is 168 Å². The van der Waals surface area contributed by atoms with Gasteiger partial charge in [-0.15, -0.1) is 10.2 Å². The summed E-state index contributed by atoms with van der Waals surface area (Å²) in [5.41, 5.74) is 1.95. The van der Waals surface area contributed by atoms with Crippen molar-refractivity contribution in [1.29, 1.82) is 0 Å². The van der Waals surface area contributed by atoms with Gasteiger partial charge in [0.15, 0.2) is 11.0 Å². The maximum atomic E-state index is 12.3. The molecule has 7 heteroatoms. The molecule has 1 fully saturated rings. The highest BCUT2D eigenvalue weighted by molar-refractivity contribution is 7.99. The van der Waals surface area contributed by atoms with Crippen LogP contribution in [0.3, 0.4) is 0 Å². The van der Waals surface area contributed by atoms with E-state index in [2.05, 4.69) is 15.5 Å². The van der Waals surface area contributed by atoms with Gasteiger partial charge in [-0.1, -0.05) is 60.3 Å². The zero-order chi connectivity index (χ0) is 19.2. The summed E-state index contributed by atoms with van der Waals surface area (Å²) in [5.74, 6) is 1.02. The van der Waals surface area contributed by atoms with Crippen LogP contribution in [-0.4, -0.2) is 45.7 Å². The number of nitrogens with zero attached hydrogens (tertiary/aromatic N) is 3. The van der Waals surface area contributed by atoms with E-state index in [1.54, 1.807) is 0 Å². The number of ether oxygens (including phenoxy) is 1. The third-order valence-electron chi connectivity index (χ3n) is 4.56. The molecule has 1 aliphatic rings. The summed E-state index contributed by atoms with van der Waals surface area (Å²) in [5, 5.41) is 12.4. The molecule has 0 bridgehead atoms. The molecule has 1 aliphatic heterocycles. The first kappa shape index (κ1) is 18.7. The number of rotatable bonds is 7. The van der Waals surface area contributed by atoms with Gasteiger partial charge < -0.3 is 10.1 Å². The fraction of sp³-hybridized carbons (Fsp3) is 0.286. The predicted octanol–water partition coefficient (Wildman–Crippen LogP) is 3.32. The highest BCUT2D eigenvalue weighted by Crippen LogP contribution is 2.27. The molecule has 2 aromatic carbocycles. The van der Waals surface area contributed by atoms with E-state index in [9.17, 15) is 4.79 Å². The Hall–Kier alpha value is -2.64. The molecule has 4 rings (SSSR count). The number of aromatic nitrogens is 3. The third-order valence-corrected chi connectivity index (χ3v) is 5.49. The number of para-hydroxylation sites is 1. The molecule has 0 aliphatic carbocycles. The molecule has 1 atom stereocenters. The second-order valence-electron chi connectivity index (χ2n) is 6.57. The fourth-order valence-electron chi connectivity index (χ4n) is 3.16. The van der Waals surface area contributed by atoms with E-state index < -0.39 is 0 Å². The van der Waals surface area contributed by atoms with Crippen LogP contribution < -0.4 is 5.32 Å². The normalized spacial score (nSPS) is 16.2. The van der Waals surface area contributed by atoms with E-state index in [1.165, 1.54) is 11.8 Å². The molecule has 6 nitrogen and oxygen atoms in total. The van der Waals surface area contributed by atoms with Gasteiger partial charge in [0.2, 0.25) is 5.91 Å². The molecule has 1 amide bonds. The number of benzene rings is 2.